The van der Waals surface area contributed by atoms with Gasteiger partial charge in [-0.15, -0.1) is 11.3 Å². The molecular weight excluding hydrogens is 601 g/mol. The van der Waals surface area contributed by atoms with Crippen LogP contribution in [0.1, 0.15) is 23.7 Å². The molecule has 1 unspecified atom stereocenters. The van der Waals surface area contributed by atoms with E-state index in [4.69, 9.17) is 19.4 Å². The van der Waals surface area contributed by atoms with Crippen molar-refractivity contribution in [2.24, 2.45) is 0 Å². The number of carbonyl (C=O) groups is 1. The molecule has 1 atom stereocenters. The summed E-state index contributed by atoms with van der Waals surface area (Å²) in [5, 5.41) is 4.86. The molecule has 5 rings (SSSR count). The Labute approximate surface area is 255 Å². The minimum atomic E-state index is -4.40. The van der Waals surface area contributed by atoms with Crippen LogP contribution in [-0.4, -0.2) is 79.9 Å². The number of hydrogen-bond donors (Lipinski definition) is 2. The van der Waals surface area contributed by atoms with Crippen LogP contribution in [0.25, 0.3) is 20.1 Å². The largest absolute Gasteiger partial charge is 0.416 e. The number of aromatic nitrogens is 3. The summed E-state index contributed by atoms with van der Waals surface area (Å²) in [6.45, 7) is 6.90. The van der Waals surface area contributed by atoms with Gasteiger partial charge in [0.15, 0.2) is 5.13 Å². The second-order valence-electron chi connectivity index (χ2n) is 10.4. The van der Waals surface area contributed by atoms with Crippen LogP contribution in [0.2, 0.25) is 0 Å². The molecule has 1 saturated heterocycles. The number of nitrogens with zero attached hydrogens (tertiary/aromatic N) is 4. The second-order valence-corrected chi connectivity index (χ2v) is 12.4. The average Bonchev–Trinajstić information content (AvgIpc) is 3.60. The van der Waals surface area contributed by atoms with Gasteiger partial charge in [-0.1, -0.05) is 23.5 Å². The molecule has 1 aliphatic heterocycles. The van der Waals surface area contributed by atoms with E-state index in [1.807, 2.05) is 6.07 Å². The third kappa shape index (κ3) is 8.13. The Morgan fingerprint density at radius 3 is 2.60 bits per heavy atom. The van der Waals surface area contributed by atoms with Gasteiger partial charge in [0, 0.05) is 45.6 Å². The lowest BCUT2D eigenvalue weighted by Gasteiger charge is -2.28. The van der Waals surface area contributed by atoms with Gasteiger partial charge >= 0.3 is 6.18 Å². The molecule has 1 aliphatic rings. The number of quaternary nitrogens is 1. The van der Waals surface area contributed by atoms with E-state index < -0.39 is 11.7 Å². The average molecular weight is 636 g/mol. The molecule has 1 fully saturated rings. The molecule has 1 aromatic carbocycles. The van der Waals surface area contributed by atoms with E-state index in [0.29, 0.717) is 23.8 Å². The molecule has 3 aromatic heterocycles. The van der Waals surface area contributed by atoms with E-state index >= 15 is 0 Å². The highest BCUT2D eigenvalue weighted by Gasteiger charge is 2.30. The Balaban J connectivity index is 1.39. The van der Waals surface area contributed by atoms with Crippen LogP contribution in [0.15, 0.2) is 42.7 Å². The fourth-order valence-corrected chi connectivity index (χ4v) is 7.13. The van der Waals surface area contributed by atoms with Crippen molar-refractivity contribution in [3.05, 3.63) is 59.5 Å². The highest BCUT2D eigenvalue weighted by molar-refractivity contribution is 7.26. The monoisotopic (exact) mass is 635 g/mol. The Bertz CT molecular complexity index is 1470. The van der Waals surface area contributed by atoms with Crippen LogP contribution in [0.3, 0.4) is 0 Å². The van der Waals surface area contributed by atoms with Crippen LogP contribution in [-0.2, 0) is 33.5 Å². The van der Waals surface area contributed by atoms with E-state index in [1.165, 1.54) is 46.6 Å². The predicted molar refractivity (Wildman–Crippen MR) is 161 cm³/mol. The van der Waals surface area contributed by atoms with Gasteiger partial charge in [-0.2, -0.15) is 13.2 Å². The number of rotatable bonds is 12. The predicted octanol–water partition coefficient (Wildman–Crippen LogP) is 3.45. The van der Waals surface area contributed by atoms with E-state index in [9.17, 15) is 18.0 Å². The minimum Gasteiger partial charge on any atom is -0.378 e. The molecule has 2 N–H and O–H groups in total. The lowest BCUT2D eigenvalue weighted by molar-refractivity contribution is -0.906. The summed E-state index contributed by atoms with van der Waals surface area (Å²) in [4.78, 5) is 30.7. The molecule has 0 saturated carbocycles. The zero-order valence-corrected chi connectivity index (χ0v) is 25.6. The zero-order chi connectivity index (χ0) is 30.4. The summed E-state index contributed by atoms with van der Waals surface area (Å²) in [6, 6.07) is 6.83. The first-order chi connectivity index (χ1) is 20.7. The molecule has 43 heavy (non-hydrogen) atoms. The van der Waals surface area contributed by atoms with Gasteiger partial charge in [0.2, 0.25) is 5.91 Å². The summed E-state index contributed by atoms with van der Waals surface area (Å²) in [7, 11) is 1.59. The van der Waals surface area contributed by atoms with Crippen molar-refractivity contribution in [2.75, 3.05) is 57.9 Å². The van der Waals surface area contributed by atoms with Crippen molar-refractivity contribution in [1.29, 1.82) is 0 Å². The van der Waals surface area contributed by atoms with Crippen molar-refractivity contribution in [1.82, 2.24) is 20.3 Å². The molecule has 0 radical (unpaired) electrons. The van der Waals surface area contributed by atoms with Crippen molar-refractivity contribution in [3.63, 3.8) is 0 Å². The van der Waals surface area contributed by atoms with Crippen LogP contribution in [0, 0.1) is 0 Å². The van der Waals surface area contributed by atoms with E-state index in [-0.39, 0.29) is 25.1 Å². The number of alkyl halides is 3. The van der Waals surface area contributed by atoms with E-state index in [2.05, 4.69) is 10.3 Å². The molecule has 9 nitrogen and oxygen atoms in total. The summed E-state index contributed by atoms with van der Waals surface area (Å²) >= 11 is 2.88. The summed E-state index contributed by atoms with van der Waals surface area (Å²) in [5.41, 5.74) is 1.58. The summed E-state index contributed by atoms with van der Waals surface area (Å²) < 4.78 is 51.3. The summed E-state index contributed by atoms with van der Waals surface area (Å²) in [6.07, 6.45) is -0.493. The fourth-order valence-electron chi connectivity index (χ4n) is 4.97. The van der Waals surface area contributed by atoms with Crippen molar-refractivity contribution < 1.29 is 32.3 Å². The van der Waals surface area contributed by atoms with Crippen LogP contribution in [0.4, 0.5) is 18.3 Å². The molecule has 0 spiro atoms. The number of anilines is 1. The molecule has 4 heterocycles. The Hall–Kier alpha value is -3.01. The first kappa shape index (κ1) is 31.4. The number of benzene rings is 1. The maximum absolute atomic E-state index is 13.2. The highest BCUT2D eigenvalue weighted by atomic mass is 32.1. The lowest BCUT2D eigenvalue weighted by Crippen LogP contribution is -3.14. The van der Waals surface area contributed by atoms with Crippen molar-refractivity contribution in [2.45, 2.75) is 32.2 Å². The van der Waals surface area contributed by atoms with Gasteiger partial charge in [0.1, 0.15) is 18.1 Å². The minimum absolute atomic E-state index is 0.184. The SMILES string of the molecule is COCc1nc(N(CC(Cc2ccc(C(F)(F)F)cc2)NCC[NH+]2CCOCC2)C(C)=O)sc1-c1nc2ccncc2s1. The smallest absolute Gasteiger partial charge is 0.378 e. The van der Waals surface area contributed by atoms with Crippen molar-refractivity contribution in [3.8, 4) is 9.88 Å². The lowest BCUT2D eigenvalue weighted by atomic mass is 10.0. The molecule has 1 amide bonds. The molecule has 0 bridgehead atoms. The Morgan fingerprint density at radius 1 is 1.16 bits per heavy atom. The highest BCUT2D eigenvalue weighted by Crippen LogP contribution is 2.39. The Morgan fingerprint density at radius 2 is 1.93 bits per heavy atom. The van der Waals surface area contributed by atoms with Gasteiger partial charge in [-0.05, 0) is 30.2 Å². The van der Waals surface area contributed by atoms with Gasteiger partial charge in [0.25, 0.3) is 0 Å². The van der Waals surface area contributed by atoms with Gasteiger partial charge in [-0.3, -0.25) is 14.7 Å². The first-order valence-electron chi connectivity index (χ1n) is 14.0. The number of nitrogens with one attached hydrogen (secondary N) is 2. The number of ether oxygens (including phenoxy) is 2. The molecule has 4 aromatic rings. The number of pyridine rings is 1. The molecule has 0 aliphatic carbocycles. The van der Waals surface area contributed by atoms with Gasteiger partial charge < -0.3 is 19.7 Å². The van der Waals surface area contributed by atoms with Gasteiger partial charge in [0.05, 0.1) is 52.7 Å². The quantitative estimate of drug-likeness (QED) is 0.247. The molecule has 14 heteroatoms. The normalized spacial score (nSPS) is 15.2. The number of morpholine rings is 1. The summed E-state index contributed by atoms with van der Waals surface area (Å²) in [5.74, 6) is -0.184. The third-order valence-corrected chi connectivity index (χ3v) is 9.52. The fraction of sp³-hybridized carbons (Fsp3) is 0.448. The zero-order valence-electron chi connectivity index (χ0n) is 23.9. The number of halogens is 3. The Kier molecular flexibility index (Phi) is 10.4. The molecular formula is C29H34F3N6O3S2+. The number of thiazole rings is 2. The first-order valence-corrected chi connectivity index (χ1v) is 15.6. The topological polar surface area (TPSA) is 93.9 Å². The number of hydrogen-bond acceptors (Lipinski definition) is 9. The van der Waals surface area contributed by atoms with Crippen LogP contribution < -0.4 is 15.1 Å². The number of methoxy groups -OCH3 is 1. The maximum atomic E-state index is 13.2. The number of carbonyl (C=O) groups excluding carboxylic acids is 1. The van der Waals surface area contributed by atoms with Crippen LogP contribution in [0.5, 0.6) is 0 Å². The number of amides is 1. The second kappa shape index (κ2) is 14.2. The van der Waals surface area contributed by atoms with Crippen molar-refractivity contribution >= 4 is 43.9 Å². The standard InChI is InChI=1S/C29H33F3N6O3S2/c1-19(39)38(28-36-24(18-40-2)26(43-28)27-35-23-7-8-33-16-25(23)42-27)17-22(34-9-10-37-11-13-41-14-12-37)15-20-3-5-21(6-4-20)29(30,31)32/h3-8,16,22,34H,9-15,17-18H2,1-2H3/p+1. The molecule has 230 valence electrons. The van der Waals surface area contributed by atoms with E-state index in [0.717, 1.165) is 70.6 Å². The third-order valence-electron chi connectivity index (χ3n) is 7.24. The number of fused-ring (bicyclic) bond motifs is 1. The van der Waals surface area contributed by atoms with Crippen LogP contribution >= 0.6 is 22.7 Å². The maximum Gasteiger partial charge on any atom is 0.416 e. The van der Waals surface area contributed by atoms with Gasteiger partial charge in [-0.25, -0.2) is 9.97 Å². The van der Waals surface area contributed by atoms with E-state index in [1.54, 1.807) is 24.4 Å².